The van der Waals surface area contributed by atoms with Crippen molar-refractivity contribution in [2.24, 2.45) is 0 Å². The molecular weight excluding hydrogens is 285 g/mol. The van der Waals surface area contributed by atoms with Crippen LogP contribution in [-0.4, -0.2) is 22.1 Å². The molecule has 1 atom stereocenters. The highest BCUT2D eigenvalue weighted by atomic mass is 35.5. The van der Waals surface area contributed by atoms with E-state index in [1.54, 1.807) is 6.92 Å². The van der Waals surface area contributed by atoms with E-state index in [9.17, 15) is 14.9 Å². The second-order valence-corrected chi connectivity index (χ2v) is 4.16. The predicted octanol–water partition coefficient (Wildman–Crippen LogP) is 3.14. The van der Waals surface area contributed by atoms with Crippen molar-refractivity contribution in [1.29, 1.82) is 0 Å². The van der Waals surface area contributed by atoms with Crippen LogP contribution in [0, 0.1) is 10.1 Å². The second-order valence-electron chi connectivity index (χ2n) is 3.34. The van der Waals surface area contributed by atoms with Gasteiger partial charge in [-0.15, -0.1) is 0 Å². The van der Waals surface area contributed by atoms with Gasteiger partial charge in [0.25, 0.3) is 0 Å². The van der Waals surface area contributed by atoms with Crippen LogP contribution < -0.4 is 4.74 Å². The van der Waals surface area contributed by atoms with Gasteiger partial charge in [0, 0.05) is 12.1 Å². The molecule has 1 N–H and O–H groups in total. The number of halogens is 2. The Kier molecular flexibility index (Phi) is 4.75. The number of rotatable bonds is 5. The van der Waals surface area contributed by atoms with Crippen LogP contribution >= 0.6 is 23.2 Å². The van der Waals surface area contributed by atoms with Crippen molar-refractivity contribution >= 4 is 34.9 Å². The van der Waals surface area contributed by atoms with Crippen molar-refractivity contribution in [3.8, 4) is 5.75 Å². The topological polar surface area (TPSA) is 89.7 Å². The van der Waals surface area contributed by atoms with E-state index in [0.717, 1.165) is 12.1 Å². The molecule has 0 radical (unpaired) electrons. The van der Waals surface area contributed by atoms with Crippen molar-refractivity contribution in [1.82, 2.24) is 0 Å². The van der Waals surface area contributed by atoms with Gasteiger partial charge in [-0.05, 0) is 6.42 Å². The summed E-state index contributed by atoms with van der Waals surface area (Å²) >= 11 is 11.4. The van der Waals surface area contributed by atoms with Gasteiger partial charge in [-0.25, -0.2) is 4.79 Å². The largest absolute Gasteiger partial charge is 0.479 e. The van der Waals surface area contributed by atoms with Crippen LogP contribution in [-0.2, 0) is 4.79 Å². The minimum Gasteiger partial charge on any atom is -0.479 e. The van der Waals surface area contributed by atoms with E-state index in [1.807, 2.05) is 0 Å². The smallest absolute Gasteiger partial charge is 0.344 e. The molecule has 98 valence electrons. The lowest BCUT2D eigenvalue weighted by atomic mass is 10.2. The summed E-state index contributed by atoms with van der Waals surface area (Å²) in [6.45, 7) is 1.59. The van der Waals surface area contributed by atoms with E-state index in [-0.39, 0.29) is 22.2 Å². The van der Waals surface area contributed by atoms with Gasteiger partial charge in [0.05, 0.1) is 15.0 Å². The number of nitrogens with zero attached hydrogens (tertiary/aromatic N) is 1. The predicted molar refractivity (Wildman–Crippen MR) is 65.5 cm³/mol. The number of hydrogen-bond donors (Lipinski definition) is 1. The lowest BCUT2D eigenvalue weighted by Gasteiger charge is -2.13. The maximum Gasteiger partial charge on any atom is 0.344 e. The highest BCUT2D eigenvalue weighted by Gasteiger charge is 2.24. The first-order valence-electron chi connectivity index (χ1n) is 4.89. The molecule has 0 aliphatic heterocycles. The fourth-order valence-corrected chi connectivity index (χ4v) is 1.53. The van der Waals surface area contributed by atoms with E-state index in [2.05, 4.69) is 0 Å². The molecule has 0 aliphatic carbocycles. The minimum atomic E-state index is -1.21. The summed E-state index contributed by atoms with van der Waals surface area (Å²) in [5.41, 5.74) is -0.427. The van der Waals surface area contributed by atoms with Crippen molar-refractivity contribution in [2.45, 2.75) is 19.4 Å². The standard InChI is InChI=1S/C10H9Cl2NO5/c1-2-8(10(14)15)18-9-4-6(12)5(11)3-7(9)13(16)17/h3-4,8H,2H2,1H3,(H,14,15). The first-order chi connectivity index (χ1) is 8.36. The fourth-order valence-electron chi connectivity index (χ4n) is 1.22. The monoisotopic (exact) mass is 293 g/mol. The first-order valence-corrected chi connectivity index (χ1v) is 5.65. The molecular formula is C10H9Cl2NO5. The van der Waals surface area contributed by atoms with Crippen LogP contribution in [0.4, 0.5) is 5.69 Å². The quantitative estimate of drug-likeness (QED) is 0.665. The Morgan fingerprint density at radius 3 is 2.50 bits per heavy atom. The van der Waals surface area contributed by atoms with Gasteiger partial charge < -0.3 is 9.84 Å². The molecule has 0 fully saturated rings. The first kappa shape index (κ1) is 14.5. The lowest BCUT2D eigenvalue weighted by Crippen LogP contribution is -2.26. The van der Waals surface area contributed by atoms with Crippen LogP contribution in [0.1, 0.15) is 13.3 Å². The number of benzene rings is 1. The third-order valence-corrected chi connectivity index (χ3v) is 2.84. The molecule has 0 heterocycles. The highest BCUT2D eigenvalue weighted by Crippen LogP contribution is 2.36. The van der Waals surface area contributed by atoms with E-state index in [1.165, 1.54) is 0 Å². The van der Waals surface area contributed by atoms with Crippen LogP contribution in [0.2, 0.25) is 10.0 Å². The Labute approximate surface area is 112 Å². The summed E-state index contributed by atoms with van der Waals surface area (Å²) < 4.78 is 5.07. The molecule has 0 aliphatic rings. The van der Waals surface area contributed by atoms with E-state index < -0.39 is 22.7 Å². The summed E-state index contributed by atoms with van der Waals surface area (Å²) in [6, 6.07) is 2.15. The number of aliphatic carboxylic acids is 1. The lowest BCUT2D eigenvalue weighted by molar-refractivity contribution is -0.386. The molecule has 1 unspecified atom stereocenters. The number of hydrogen-bond acceptors (Lipinski definition) is 4. The van der Waals surface area contributed by atoms with Crippen molar-refractivity contribution < 1.29 is 19.6 Å². The minimum absolute atomic E-state index is 0.000842. The maximum atomic E-state index is 10.8. The number of ether oxygens (including phenoxy) is 1. The number of carboxylic acids is 1. The normalized spacial score (nSPS) is 11.9. The number of nitro groups is 1. The van der Waals surface area contributed by atoms with Gasteiger partial charge in [-0.2, -0.15) is 0 Å². The Morgan fingerprint density at radius 2 is 2.06 bits per heavy atom. The van der Waals surface area contributed by atoms with Crippen LogP contribution in [0.15, 0.2) is 12.1 Å². The molecule has 0 spiro atoms. The van der Waals surface area contributed by atoms with Crippen LogP contribution in [0.5, 0.6) is 5.75 Å². The molecule has 1 aromatic carbocycles. The van der Waals surface area contributed by atoms with Gasteiger partial charge in [0.2, 0.25) is 0 Å². The molecule has 18 heavy (non-hydrogen) atoms. The summed E-state index contributed by atoms with van der Waals surface area (Å²) in [7, 11) is 0. The Hall–Kier alpha value is -1.53. The van der Waals surface area contributed by atoms with Crippen LogP contribution in [0.3, 0.4) is 0 Å². The molecule has 0 saturated heterocycles. The summed E-state index contributed by atoms with van der Waals surface area (Å²) in [5.74, 6) is -1.43. The Morgan fingerprint density at radius 1 is 1.50 bits per heavy atom. The average Bonchev–Trinajstić information content (AvgIpc) is 2.29. The van der Waals surface area contributed by atoms with Crippen molar-refractivity contribution in [2.75, 3.05) is 0 Å². The van der Waals surface area contributed by atoms with Crippen LogP contribution in [0.25, 0.3) is 0 Å². The summed E-state index contributed by atoms with van der Waals surface area (Å²) in [4.78, 5) is 20.9. The van der Waals surface area contributed by atoms with Gasteiger partial charge in [-0.1, -0.05) is 30.1 Å². The maximum absolute atomic E-state index is 10.8. The molecule has 0 saturated carbocycles. The molecule has 8 heteroatoms. The zero-order chi connectivity index (χ0) is 13.9. The Balaban J connectivity index is 3.18. The zero-order valence-corrected chi connectivity index (χ0v) is 10.7. The van der Waals surface area contributed by atoms with Crippen molar-refractivity contribution in [3.63, 3.8) is 0 Å². The van der Waals surface area contributed by atoms with E-state index >= 15 is 0 Å². The Bertz CT molecular complexity index is 491. The number of carboxylic acid groups (broad SMARTS) is 1. The van der Waals surface area contributed by atoms with Gasteiger partial charge in [-0.3, -0.25) is 10.1 Å². The average molecular weight is 294 g/mol. The van der Waals surface area contributed by atoms with Gasteiger partial charge in [0.15, 0.2) is 11.9 Å². The fraction of sp³-hybridized carbons (Fsp3) is 0.300. The third-order valence-electron chi connectivity index (χ3n) is 2.11. The van der Waals surface area contributed by atoms with Gasteiger partial charge in [0.1, 0.15) is 0 Å². The summed E-state index contributed by atoms with van der Waals surface area (Å²) in [5, 5.41) is 19.7. The number of nitro benzene ring substituents is 1. The third kappa shape index (κ3) is 3.24. The van der Waals surface area contributed by atoms with E-state index in [0.29, 0.717) is 0 Å². The molecule has 1 aromatic rings. The molecule has 6 nitrogen and oxygen atoms in total. The molecule has 0 amide bonds. The molecule has 1 rings (SSSR count). The second kappa shape index (κ2) is 5.88. The molecule has 0 bridgehead atoms. The highest BCUT2D eigenvalue weighted by molar-refractivity contribution is 6.42. The summed E-state index contributed by atoms with van der Waals surface area (Å²) in [6.07, 6.45) is -1.02. The van der Waals surface area contributed by atoms with Crippen molar-refractivity contribution in [3.05, 3.63) is 32.3 Å². The van der Waals surface area contributed by atoms with Gasteiger partial charge >= 0.3 is 11.7 Å². The number of carbonyl (C=O) groups is 1. The SMILES string of the molecule is CCC(Oc1cc(Cl)c(Cl)cc1[N+](=O)[O-])C(=O)O. The zero-order valence-electron chi connectivity index (χ0n) is 9.22. The van der Waals surface area contributed by atoms with E-state index in [4.69, 9.17) is 33.0 Å². The molecule has 0 aromatic heterocycles.